The standard InChI is InChI=1S/C20H28N2O3S/c1-14-5-7-15(8-6-14)20(2)10-11-22(19(20)24)17-4-3-12-26-13-9-16(17)18(23)21-25/h5-8,16-17,25H,3-4,9-13H2,1-2H3,(H,21,23). The number of hydroxylamine groups is 1. The van der Waals surface area contributed by atoms with E-state index in [2.05, 4.69) is 0 Å². The summed E-state index contributed by atoms with van der Waals surface area (Å²) in [5, 5.41) is 9.17. The van der Waals surface area contributed by atoms with Crippen LogP contribution < -0.4 is 5.48 Å². The molecule has 3 rings (SSSR count). The van der Waals surface area contributed by atoms with Crippen molar-refractivity contribution >= 4 is 23.6 Å². The summed E-state index contributed by atoms with van der Waals surface area (Å²) in [6, 6.07) is 8.05. The van der Waals surface area contributed by atoms with Gasteiger partial charge in [0.25, 0.3) is 0 Å². The van der Waals surface area contributed by atoms with Crippen molar-refractivity contribution < 1.29 is 14.8 Å². The van der Waals surface area contributed by atoms with E-state index in [9.17, 15) is 14.8 Å². The molecule has 142 valence electrons. The fourth-order valence-electron chi connectivity index (χ4n) is 4.24. The van der Waals surface area contributed by atoms with E-state index >= 15 is 0 Å². The van der Waals surface area contributed by atoms with Crippen LogP contribution in [0.15, 0.2) is 24.3 Å². The number of hydrogen-bond donors (Lipinski definition) is 2. The molecular formula is C20H28N2O3S. The van der Waals surface area contributed by atoms with Gasteiger partial charge in [0.2, 0.25) is 11.8 Å². The van der Waals surface area contributed by atoms with E-state index in [1.807, 2.05) is 60.3 Å². The first-order valence-electron chi connectivity index (χ1n) is 9.37. The topological polar surface area (TPSA) is 69.6 Å². The van der Waals surface area contributed by atoms with Crippen LogP contribution in [0.25, 0.3) is 0 Å². The van der Waals surface area contributed by atoms with Gasteiger partial charge in [0.1, 0.15) is 0 Å². The highest BCUT2D eigenvalue weighted by Crippen LogP contribution is 2.39. The van der Waals surface area contributed by atoms with Crippen molar-refractivity contribution in [3.63, 3.8) is 0 Å². The molecule has 2 aliphatic rings. The first-order valence-corrected chi connectivity index (χ1v) is 10.5. The first kappa shape index (κ1) is 19.2. The molecule has 2 saturated heterocycles. The average Bonchev–Trinajstić information content (AvgIpc) is 2.91. The van der Waals surface area contributed by atoms with Crippen molar-refractivity contribution in [2.75, 3.05) is 18.1 Å². The molecule has 0 spiro atoms. The highest BCUT2D eigenvalue weighted by atomic mass is 32.2. The SMILES string of the molecule is Cc1ccc(C2(C)CCN(C3CCCSCCC3C(=O)NO)C2=O)cc1. The number of amides is 2. The molecule has 3 atom stereocenters. The van der Waals surface area contributed by atoms with Gasteiger partial charge in [-0.15, -0.1) is 0 Å². The number of carbonyl (C=O) groups excluding carboxylic acids is 2. The zero-order valence-electron chi connectivity index (χ0n) is 15.5. The van der Waals surface area contributed by atoms with Crippen LogP contribution in [0.4, 0.5) is 0 Å². The van der Waals surface area contributed by atoms with E-state index in [0.717, 1.165) is 36.3 Å². The van der Waals surface area contributed by atoms with Gasteiger partial charge in [-0.1, -0.05) is 29.8 Å². The Morgan fingerprint density at radius 2 is 2.00 bits per heavy atom. The largest absolute Gasteiger partial charge is 0.338 e. The summed E-state index contributed by atoms with van der Waals surface area (Å²) in [5.74, 6) is 1.33. The number of rotatable bonds is 3. The minimum Gasteiger partial charge on any atom is -0.338 e. The predicted octanol–water partition coefficient (Wildman–Crippen LogP) is 2.89. The minimum absolute atomic E-state index is 0.107. The van der Waals surface area contributed by atoms with Crippen molar-refractivity contribution in [1.82, 2.24) is 10.4 Å². The Bertz CT molecular complexity index is 664. The molecule has 0 aromatic heterocycles. The van der Waals surface area contributed by atoms with E-state index in [-0.39, 0.29) is 23.8 Å². The van der Waals surface area contributed by atoms with Crippen LogP contribution in [0.3, 0.4) is 0 Å². The molecule has 3 unspecified atom stereocenters. The van der Waals surface area contributed by atoms with Gasteiger partial charge in [0, 0.05) is 12.6 Å². The van der Waals surface area contributed by atoms with Crippen molar-refractivity contribution in [2.24, 2.45) is 5.92 Å². The van der Waals surface area contributed by atoms with Crippen molar-refractivity contribution in [2.45, 2.75) is 51.0 Å². The van der Waals surface area contributed by atoms with Crippen LogP contribution >= 0.6 is 11.8 Å². The smallest absolute Gasteiger partial charge is 0.248 e. The summed E-state index contributed by atoms with van der Waals surface area (Å²) in [5.41, 5.74) is 3.51. The molecule has 0 bridgehead atoms. The molecule has 0 aliphatic carbocycles. The molecule has 2 heterocycles. The van der Waals surface area contributed by atoms with Gasteiger partial charge in [-0.25, -0.2) is 5.48 Å². The second-order valence-corrected chi connectivity index (χ2v) is 8.86. The third-order valence-corrected chi connectivity index (χ3v) is 7.05. The van der Waals surface area contributed by atoms with Crippen molar-refractivity contribution in [1.29, 1.82) is 0 Å². The molecular weight excluding hydrogens is 348 g/mol. The number of carbonyl (C=O) groups is 2. The number of benzene rings is 1. The first-order chi connectivity index (χ1) is 12.5. The number of thioether (sulfide) groups is 1. The van der Waals surface area contributed by atoms with Gasteiger partial charge < -0.3 is 4.90 Å². The Hall–Kier alpha value is -1.53. The van der Waals surface area contributed by atoms with Gasteiger partial charge in [0.05, 0.1) is 11.3 Å². The number of hydrogen-bond acceptors (Lipinski definition) is 4. The molecule has 26 heavy (non-hydrogen) atoms. The van der Waals surface area contributed by atoms with Gasteiger partial charge >= 0.3 is 0 Å². The summed E-state index contributed by atoms with van der Waals surface area (Å²) in [6.07, 6.45) is 3.23. The van der Waals surface area contributed by atoms with E-state index < -0.39 is 5.41 Å². The molecule has 0 radical (unpaired) electrons. The number of nitrogens with zero attached hydrogens (tertiary/aromatic N) is 1. The lowest BCUT2D eigenvalue weighted by Gasteiger charge is -2.36. The molecule has 0 saturated carbocycles. The molecule has 6 heteroatoms. The normalized spacial score (nSPS) is 30.0. The second-order valence-electron chi connectivity index (χ2n) is 7.64. The van der Waals surface area contributed by atoms with Crippen LogP contribution in [0.1, 0.15) is 43.7 Å². The van der Waals surface area contributed by atoms with Crippen LogP contribution in [-0.2, 0) is 15.0 Å². The number of nitrogens with one attached hydrogen (secondary N) is 1. The lowest BCUT2D eigenvalue weighted by molar-refractivity contribution is -0.141. The zero-order valence-corrected chi connectivity index (χ0v) is 16.3. The van der Waals surface area contributed by atoms with E-state index in [1.165, 1.54) is 5.56 Å². The summed E-state index contributed by atoms with van der Waals surface area (Å²) < 4.78 is 0. The zero-order chi connectivity index (χ0) is 18.7. The van der Waals surface area contributed by atoms with E-state index in [1.54, 1.807) is 0 Å². The highest BCUT2D eigenvalue weighted by Gasteiger charge is 2.48. The maximum absolute atomic E-state index is 13.4. The van der Waals surface area contributed by atoms with Gasteiger partial charge in [-0.05, 0) is 56.6 Å². The number of likely N-dealkylation sites (tertiary alicyclic amines) is 1. The second kappa shape index (κ2) is 8.01. The van der Waals surface area contributed by atoms with Crippen LogP contribution in [0, 0.1) is 12.8 Å². The fraction of sp³-hybridized carbons (Fsp3) is 0.600. The summed E-state index contributed by atoms with van der Waals surface area (Å²) in [4.78, 5) is 27.6. The molecule has 2 aliphatic heterocycles. The fourth-order valence-corrected chi connectivity index (χ4v) is 5.23. The molecule has 5 nitrogen and oxygen atoms in total. The van der Waals surface area contributed by atoms with Crippen molar-refractivity contribution in [3.05, 3.63) is 35.4 Å². The van der Waals surface area contributed by atoms with E-state index in [0.29, 0.717) is 13.0 Å². The molecule has 1 aromatic rings. The third kappa shape index (κ3) is 3.62. The number of aryl methyl sites for hydroxylation is 1. The lowest BCUT2D eigenvalue weighted by atomic mass is 9.80. The van der Waals surface area contributed by atoms with Gasteiger partial charge in [-0.3, -0.25) is 14.8 Å². The monoisotopic (exact) mass is 376 g/mol. The maximum Gasteiger partial charge on any atom is 0.248 e. The highest BCUT2D eigenvalue weighted by molar-refractivity contribution is 7.99. The summed E-state index contributed by atoms with van der Waals surface area (Å²) >= 11 is 1.84. The minimum atomic E-state index is -0.537. The lowest BCUT2D eigenvalue weighted by Crippen LogP contribution is -2.49. The average molecular weight is 377 g/mol. The van der Waals surface area contributed by atoms with Crippen LogP contribution in [0.5, 0.6) is 0 Å². The van der Waals surface area contributed by atoms with Crippen molar-refractivity contribution in [3.8, 4) is 0 Å². The predicted molar refractivity (Wildman–Crippen MR) is 103 cm³/mol. The summed E-state index contributed by atoms with van der Waals surface area (Å²) in [7, 11) is 0. The van der Waals surface area contributed by atoms with E-state index in [4.69, 9.17) is 0 Å². The Morgan fingerprint density at radius 3 is 2.69 bits per heavy atom. The summed E-state index contributed by atoms with van der Waals surface area (Å²) in [6.45, 7) is 4.72. The Balaban J connectivity index is 1.86. The molecule has 2 amide bonds. The third-order valence-electron chi connectivity index (χ3n) is 5.95. The maximum atomic E-state index is 13.4. The Labute approximate surface area is 159 Å². The van der Waals surface area contributed by atoms with Gasteiger partial charge in [0.15, 0.2) is 0 Å². The van der Waals surface area contributed by atoms with Crippen LogP contribution in [0.2, 0.25) is 0 Å². The Kier molecular flexibility index (Phi) is 5.92. The van der Waals surface area contributed by atoms with Crippen LogP contribution in [-0.4, -0.2) is 46.0 Å². The molecule has 2 fully saturated rings. The Morgan fingerprint density at radius 1 is 1.27 bits per heavy atom. The quantitative estimate of drug-likeness (QED) is 0.629. The molecule has 1 aromatic carbocycles. The van der Waals surface area contributed by atoms with Gasteiger partial charge in [-0.2, -0.15) is 11.8 Å². The molecule has 2 N–H and O–H groups in total.